The van der Waals surface area contributed by atoms with Crippen molar-refractivity contribution < 1.29 is 22.7 Å². The second-order valence-electron chi connectivity index (χ2n) is 8.27. The smallest absolute Gasteiger partial charge is 0.235 e. The van der Waals surface area contributed by atoms with Gasteiger partial charge in [0, 0.05) is 17.9 Å². The minimum absolute atomic E-state index is 0.0960. The molecular weight excluding hydrogens is 442 g/mol. The minimum atomic E-state index is -3.57. The lowest BCUT2D eigenvalue weighted by molar-refractivity contribution is -0.119. The zero-order valence-corrected chi connectivity index (χ0v) is 18.5. The monoisotopic (exact) mass is 465 g/mol. The van der Waals surface area contributed by atoms with E-state index in [1.54, 1.807) is 18.3 Å². The van der Waals surface area contributed by atoms with Crippen LogP contribution in [-0.4, -0.2) is 25.1 Å². The number of aromatic nitrogens is 1. The average molecular weight is 466 g/mol. The van der Waals surface area contributed by atoms with Crippen molar-refractivity contribution in [2.45, 2.75) is 31.3 Å². The molecule has 1 amide bonds. The number of sulfonamides is 1. The molecule has 1 unspecified atom stereocenters. The van der Waals surface area contributed by atoms with E-state index in [2.05, 4.69) is 4.98 Å². The van der Waals surface area contributed by atoms with Gasteiger partial charge < -0.3 is 15.2 Å². The number of carbonyl (C=O) groups excluding carboxylic acids is 1. The third-order valence-corrected chi connectivity index (χ3v) is 7.29. The molecule has 9 heteroatoms. The summed E-state index contributed by atoms with van der Waals surface area (Å²) in [6, 6.07) is 16.7. The number of hydrogen-bond donors (Lipinski definition) is 2. The largest absolute Gasteiger partial charge is 0.486 e. The maximum absolute atomic E-state index is 11.8. The van der Waals surface area contributed by atoms with Gasteiger partial charge in [-0.1, -0.05) is 24.3 Å². The molecule has 0 saturated carbocycles. The minimum Gasteiger partial charge on any atom is -0.486 e. The molecule has 0 bridgehead atoms. The Kier molecular flexibility index (Phi) is 5.41. The summed E-state index contributed by atoms with van der Waals surface area (Å²) >= 11 is 0. The van der Waals surface area contributed by atoms with Gasteiger partial charge in [-0.05, 0) is 54.3 Å². The fraction of sp³-hybridized carbons (Fsp3) is 0.250. The Morgan fingerprint density at radius 1 is 1.03 bits per heavy atom. The van der Waals surface area contributed by atoms with Crippen LogP contribution in [-0.2, 0) is 21.2 Å². The number of anilines is 1. The first-order chi connectivity index (χ1) is 15.9. The molecule has 1 aromatic heterocycles. The van der Waals surface area contributed by atoms with Crippen molar-refractivity contribution in [3.8, 4) is 17.2 Å². The summed E-state index contributed by atoms with van der Waals surface area (Å²) in [5, 5.41) is 0. The molecule has 1 saturated heterocycles. The first-order valence-electron chi connectivity index (χ1n) is 10.7. The van der Waals surface area contributed by atoms with E-state index in [9.17, 15) is 13.2 Å². The highest BCUT2D eigenvalue weighted by atomic mass is 32.2. The average Bonchev–Trinajstić information content (AvgIpc) is 3.18. The number of amides is 1. The van der Waals surface area contributed by atoms with Crippen LogP contribution in [0, 0.1) is 0 Å². The number of benzene rings is 2. The predicted molar refractivity (Wildman–Crippen MR) is 123 cm³/mol. The molecule has 1 aliphatic carbocycles. The Morgan fingerprint density at radius 3 is 2.55 bits per heavy atom. The van der Waals surface area contributed by atoms with Crippen LogP contribution in [0.1, 0.15) is 41.6 Å². The van der Waals surface area contributed by atoms with Gasteiger partial charge in [0.25, 0.3) is 0 Å². The van der Waals surface area contributed by atoms with Crippen molar-refractivity contribution in [3.05, 3.63) is 77.5 Å². The molecule has 2 atom stereocenters. The summed E-state index contributed by atoms with van der Waals surface area (Å²) in [4.78, 5) is 15.8. The molecule has 1 aliphatic heterocycles. The van der Waals surface area contributed by atoms with Crippen LogP contribution < -0.4 is 19.9 Å². The van der Waals surface area contributed by atoms with Gasteiger partial charge in [0.1, 0.15) is 29.2 Å². The van der Waals surface area contributed by atoms with E-state index >= 15 is 0 Å². The molecule has 2 aromatic carbocycles. The quantitative estimate of drug-likeness (QED) is 0.592. The summed E-state index contributed by atoms with van der Waals surface area (Å²) in [7, 11) is -3.57. The summed E-state index contributed by atoms with van der Waals surface area (Å²) in [6.07, 6.45) is 3.28. The molecule has 8 nitrogen and oxygen atoms in total. The third-order valence-electron chi connectivity index (χ3n) is 5.91. The van der Waals surface area contributed by atoms with Gasteiger partial charge in [-0.2, -0.15) is 0 Å². The van der Waals surface area contributed by atoms with Crippen LogP contribution in [0.15, 0.2) is 60.8 Å². The molecule has 3 aromatic rings. The van der Waals surface area contributed by atoms with E-state index in [4.69, 9.17) is 15.2 Å². The van der Waals surface area contributed by atoms with Crippen molar-refractivity contribution in [1.82, 2.24) is 9.71 Å². The number of rotatable bonds is 5. The first-order valence-corrected chi connectivity index (χ1v) is 12.3. The lowest BCUT2D eigenvalue weighted by atomic mass is 9.97. The van der Waals surface area contributed by atoms with Crippen LogP contribution in [0.25, 0.3) is 0 Å². The number of hydrogen-bond acceptors (Lipinski definition) is 7. The maximum atomic E-state index is 11.8. The molecule has 33 heavy (non-hydrogen) atoms. The van der Waals surface area contributed by atoms with Crippen LogP contribution in [0.2, 0.25) is 0 Å². The summed E-state index contributed by atoms with van der Waals surface area (Å²) < 4.78 is 38.0. The zero-order valence-electron chi connectivity index (χ0n) is 17.7. The number of nitrogens with zero attached hydrogens (tertiary/aromatic N) is 1. The highest BCUT2D eigenvalue weighted by molar-refractivity contribution is 7.90. The van der Waals surface area contributed by atoms with Gasteiger partial charge in [-0.25, -0.2) is 13.4 Å². The molecular formula is C24H23N3O5S. The molecule has 170 valence electrons. The molecule has 0 radical (unpaired) electrons. The first kappa shape index (κ1) is 21.3. The highest BCUT2D eigenvalue weighted by Crippen LogP contribution is 2.41. The van der Waals surface area contributed by atoms with Crippen molar-refractivity contribution in [2.24, 2.45) is 0 Å². The Bertz CT molecular complexity index is 1290. The topological polar surface area (TPSA) is 121 Å². The van der Waals surface area contributed by atoms with Crippen LogP contribution in [0.5, 0.6) is 17.2 Å². The van der Waals surface area contributed by atoms with Crippen LogP contribution >= 0.6 is 0 Å². The van der Waals surface area contributed by atoms with Gasteiger partial charge in [0.05, 0.1) is 11.9 Å². The Morgan fingerprint density at radius 2 is 1.82 bits per heavy atom. The lowest BCUT2D eigenvalue weighted by Crippen LogP contribution is -2.40. The Labute approximate surface area is 191 Å². The third kappa shape index (κ3) is 4.63. The molecule has 2 heterocycles. The highest BCUT2D eigenvalue weighted by Gasteiger charge is 2.31. The van der Waals surface area contributed by atoms with E-state index in [1.165, 1.54) is 0 Å². The van der Waals surface area contributed by atoms with E-state index in [-0.39, 0.29) is 24.2 Å². The van der Waals surface area contributed by atoms with Gasteiger partial charge in [-0.15, -0.1) is 0 Å². The van der Waals surface area contributed by atoms with Gasteiger partial charge in [0.2, 0.25) is 15.9 Å². The molecule has 2 aliphatic rings. The molecule has 3 N–H and O–H groups in total. The summed E-state index contributed by atoms with van der Waals surface area (Å²) in [6.45, 7) is 0. The normalized spacial score (nSPS) is 21.2. The van der Waals surface area contributed by atoms with E-state index in [1.807, 2.05) is 47.2 Å². The number of nitrogen functional groups attached to an aromatic ring is 1. The maximum Gasteiger partial charge on any atom is 0.235 e. The summed E-state index contributed by atoms with van der Waals surface area (Å²) in [5.74, 6) is 1.60. The van der Waals surface area contributed by atoms with Crippen molar-refractivity contribution in [2.75, 3.05) is 11.5 Å². The fourth-order valence-electron chi connectivity index (χ4n) is 4.38. The van der Waals surface area contributed by atoms with E-state index < -0.39 is 15.9 Å². The second kappa shape index (κ2) is 8.40. The Balaban J connectivity index is 1.30. The van der Waals surface area contributed by atoms with Crippen molar-refractivity contribution in [3.63, 3.8) is 0 Å². The van der Waals surface area contributed by atoms with Crippen LogP contribution in [0.3, 0.4) is 0 Å². The fourth-order valence-corrected chi connectivity index (χ4v) is 5.73. The standard InChI is InChI=1S/C24H23N3O5S/c25-23-11-8-18(13-26-23)32-21-3-1-2-19-20(21)9-10-22(19)31-17-6-4-15(5-7-17)16-12-24(28)27-33(29,30)14-16/h1-8,11,13,16,22H,9-10,12,14H2,(H2,25,26)(H,27,28)/t16?,22-/m1/s1. The van der Waals surface area contributed by atoms with Gasteiger partial charge in [0.15, 0.2) is 0 Å². The predicted octanol–water partition coefficient (Wildman–Crippen LogP) is 3.46. The van der Waals surface area contributed by atoms with E-state index in [0.29, 0.717) is 17.3 Å². The number of fused-ring (bicyclic) bond motifs is 1. The zero-order chi connectivity index (χ0) is 23.0. The number of nitrogens with two attached hydrogens (primary N) is 1. The number of carbonyl (C=O) groups is 1. The molecule has 1 fully saturated rings. The lowest BCUT2D eigenvalue weighted by Gasteiger charge is -2.23. The van der Waals surface area contributed by atoms with Crippen molar-refractivity contribution >= 4 is 21.7 Å². The van der Waals surface area contributed by atoms with Crippen molar-refractivity contribution in [1.29, 1.82) is 0 Å². The van der Waals surface area contributed by atoms with Gasteiger partial charge >= 0.3 is 0 Å². The number of ether oxygens (including phenoxy) is 2. The molecule has 0 spiro atoms. The van der Waals surface area contributed by atoms with Crippen LogP contribution in [0.4, 0.5) is 5.82 Å². The summed E-state index contributed by atoms with van der Waals surface area (Å²) in [5.41, 5.74) is 8.63. The Hall–Kier alpha value is -3.59. The second-order valence-corrected chi connectivity index (χ2v) is 10.0. The van der Waals surface area contributed by atoms with E-state index in [0.717, 1.165) is 35.3 Å². The molecule has 5 rings (SSSR count). The number of pyridine rings is 1. The SMILES string of the molecule is Nc1ccc(Oc2cccc3c2CC[C@H]3Oc2ccc(C3CC(=O)NS(=O)(=O)C3)cc2)cn1. The van der Waals surface area contributed by atoms with Gasteiger partial charge in [-0.3, -0.25) is 9.52 Å². The number of nitrogens with one attached hydrogen (secondary N) is 1.